The number of carbonyl (C=O) groups excluding carboxylic acids is 7. The Bertz CT molecular complexity index is 3460. The van der Waals surface area contributed by atoms with Gasteiger partial charge in [0.05, 0.1) is 77.0 Å². The van der Waals surface area contributed by atoms with E-state index in [2.05, 4.69) is 31.9 Å². The van der Waals surface area contributed by atoms with E-state index in [1.165, 1.54) is 24.3 Å². The highest BCUT2D eigenvalue weighted by Crippen LogP contribution is 2.37. The lowest BCUT2D eigenvalue weighted by molar-refractivity contribution is -0.373. The predicted octanol–water partition coefficient (Wildman–Crippen LogP) is -18.1. The third-order valence-electron chi connectivity index (χ3n) is 21.9. The summed E-state index contributed by atoms with van der Waals surface area (Å²) in [7, 11) is 0. The highest BCUT2D eigenvalue weighted by Gasteiger charge is 2.57. The number of nitrogens with two attached hydrogens (primary N) is 4. The zero-order valence-electron chi connectivity index (χ0n) is 66.5. The van der Waals surface area contributed by atoms with Crippen molar-refractivity contribution < 1.29 is 203 Å². The Labute approximate surface area is 701 Å². The number of aliphatic hydroxyl groups is 21. The molecule has 0 saturated carbocycles. The van der Waals surface area contributed by atoms with Gasteiger partial charge in [0.1, 0.15) is 182 Å². The normalized spacial score (nSPS) is 35.9. The zero-order valence-corrected chi connectivity index (χ0v) is 66.5. The Balaban J connectivity index is 0.882. The molecule has 1 aromatic rings. The van der Waals surface area contributed by atoms with Crippen LogP contribution in [0.25, 0.3) is 0 Å². The highest BCUT2D eigenvalue weighted by atomic mass is 16.8. The number of aromatic hydroxyl groups is 1. The molecule has 37 atom stereocenters. The first-order chi connectivity index (χ1) is 58.3. The molecule has 6 aliphatic heterocycles. The van der Waals surface area contributed by atoms with Crippen molar-refractivity contribution in [2.24, 2.45) is 22.9 Å². The van der Waals surface area contributed by atoms with Gasteiger partial charge in [-0.2, -0.15) is 0 Å². The standard InChI is InChI=1S/C72H120N10O41/c73-15-3-1-6-31(79-64(109)29(75)12-14-36-45(94)51(100)59(40(23-87)115-36)121-72-57(106)53(102)61(42(25-89)119-72)123-70-55(104)49(98)47(96)38(21-85)117-70)65(110)82-34(19-83)68(113)81-33(18-43(91)92)67(112)80-32(17-26-7-9-27(90)10-8-26)66(111)78-30(62(76)107)5-2-4-16-77-63(108)28(74)11-13-35-44(93)50(99)58(39(22-86)114-35)120-71-56(105)52(101)60(41(24-88)118-71)122-69-54(103)48(97)46(95)37(20-84)116-69/h7-10,28-42,44-61,69-72,83-90,93-106H,1-6,11-25,73-75H2,(H2,76,107)(H,77,108)(H,78,111)(H,79,109)(H,80,112)(H,81,113)(H,82,110)(H,91,92)/t28-,29-,30+,31+,32+,33+,34+,35+,36+,37-,38-,39-,40-,41-,42-,44+,45+,46+,47+,48+,49+,50-,51-,52-,53-,54-,55-,56-,57-,58-,59-,60+,61+,69-,70-,71+,72+/m1/s1. The van der Waals surface area contributed by atoms with Crippen molar-refractivity contribution in [1.82, 2.24) is 31.9 Å². The molecule has 6 heterocycles. The number of carbonyl (C=O) groups is 8. The third-order valence-corrected chi connectivity index (χ3v) is 21.9. The molecule has 6 saturated heterocycles. The van der Waals surface area contributed by atoms with Crippen molar-refractivity contribution in [2.45, 2.75) is 303 Å². The van der Waals surface area contributed by atoms with Crippen LogP contribution in [0.4, 0.5) is 0 Å². The highest BCUT2D eigenvalue weighted by molar-refractivity contribution is 5.98. The minimum atomic E-state index is -2.11. The number of nitrogens with one attached hydrogen (secondary N) is 6. The van der Waals surface area contributed by atoms with E-state index in [4.69, 9.17) is 70.3 Å². The summed E-state index contributed by atoms with van der Waals surface area (Å²) in [6, 6.07) is -6.50. The van der Waals surface area contributed by atoms with Crippen LogP contribution in [0.15, 0.2) is 24.3 Å². The van der Waals surface area contributed by atoms with E-state index in [1.54, 1.807) is 0 Å². The number of rotatable bonds is 46. The van der Waals surface area contributed by atoms with Gasteiger partial charge in [-0.1, -0.05) is 12.1 Å². The second-order valence-corrected chi connectivity index (χ2v) is 30.8. The van der Waals surface area contributed by atoms with Crippen LogP contribution < -0.4 is 54.8 Å². The fraction of sp³-hybridized carbons (Fsp3) is 0.806. The molecule has 51 heteroatoms. The first kappa shape index (κ1) is 103. The number of phenolic OH excluding ortho intramolecular Hbond substituents is 1. The molecule has 37 N–H and O–H groups in total. The predicted molar refractivity (Wildman–Crippen MR) is 402 cm³/mol. The Hall–Kier alpha value is -6.58. The minimum absolute atomic E-state index is 0.0661. The smallest absolute Gasteiger partial charge is 0.305 e. The van der Waals surface area contributed by atoms with Crippen LogP contribution in [0.5, 0.6) is 5.75 Å². The molecule has 7 rings (SSSR count). The summed E-state index contributed by atoms with van der Waals surface area (Å²) in [4.78, 5) is 108. The first-order valence-corrected chi connectivity index (χ1v) is 40.0. The number of carboxylic acid groups (broad SMARTS) is 1. The molecule has 6 fully saturated rings. The summed E-state index contributed by atoms with van der Waals surface area (Å²) in [5.41, 5.74) is 24.1. The van der Waals surface area contributed by atoms with Crippen LogP contribution in [-0.4, -0.2) is 450 Å². The Morgan fingerprint density at radius 2 is 0.699 bits per heavy atom. The number of aliphatic carboxylic acids is 1. The maximum atomic E-state index is 14.2. The van der Waals surface area contributed by atoms with E-state index in [0.717, 1.165) is 0 Å². The molecule has 0 aliphatic carbocycles. The number of ether oxygens (including phenoxy) is 10. The van der Waals surface area contributed by atoms with Crippen molar-refractivity contribution in [3.05, 3.63) is 29.8 Å². The molecular weight excluding hydrogens is 1660 g/mol. The second-order valence-electron chi connectivity index (χ2n) is 30.8. The molecule has 6 aliphatic rings. The fourth-order valence-electron chi connectivity index (χ4n) is 14.6. The largest absolute Gasteiger partial charge is 0.508 e. The number of phenols is 1. The summed E-state index contributed by atoms with van der Waals surface area (Å²) in [6.45, 7) is -6.61. The van der Waals surface area contributed by atoms with Gasteiger partial charge in [0.15, 0.2) is 25.2 Å². The number of hydrogen-bond acceptors (Lipinski definition) is 43. The molecular formula is C72H120N10O41. The summed E-state index contributed by atoms with van der Waals surface area (Å²) < 4.78 is 56.1. The number of amides is 7. The van der Waals surface area contributed by atoms with Crippen molar-refractivity contribution >= 4 is 47.3 Å². The number of aliphatic hydroxyl groups excluding tert-OH is 21. The van der Waals surface area contributed by atoms with E-state index in [-0.39, 0.29) is 88.6 Å². The Morgan fingerprint density at radius 3 is 1.11 bits per heavy atom. The van der Waals surface area contributed by atoms with Gasteiger partial charge >= 0.3 is 5.97 Å². The van der Waals surface area contributed by atoms with E-state index in [9.17, 15) is 156 Å². The summed E-state index contributed by atoms with van der Waals surface area (Å²) in [5.74, 6) is -9.65. The van der Waals surface area contributed by atoms with Crippen molar-refractivity contribution in [2.75, 3.05) is 59.3 Å². The van der Waals surface area contributed by atoms with E-state index < -0.39 is 333 Å². The lowest BCUT2D eigenvalue weighted by Crippen LogP contribution is -2.66. The van der Waals surface area contributed by atoms with Crippen molar-refractivity contribution in [3.63, 3.8) is 0 Å². The summed E-state index contributed by atoms with van der Waals surface area (Å²) in [5, 5.41) is 256. The van der Waals surface area contributed by atoms with Crippen LogP contribution in [0.3, 0.4) is 0 Å². The van der Waals surface area contributed by atoms with Crippen molar-refractivity contribution in [3.8, 4) is 5.75 Å². The maximum absolute atomic E-state index is 14.2. The molecule has 0 aromatic heterocycles. The SMILES string of the molecule is NCCCC[C@H](NC(=O)[C@H](N)CC[C@@H]1O[C@H](CO)[C@@H](O[C@@H]2O[C@H](CO)[C@H](O[C@H]3O[C@H](CO)[C@H](O)[C@H](O)[C@H]3O)[C@H](O)[C@H]2O)[C@H](O)[C@H]1O)C(=O)N[C@@H](CO)C(=O)N[C@@H](CC(=O)O)C(=O)N[C@@H](Cc1ccc(O)cc1)C(=O)N[C@@H](CCCCNC(=O)[C@H](N)CC[C@@H]1O[C@H](CO)[C@@H](O[C@@H]2O[C@H](CO)[C@H](O[C@H]3O[C@H](CO)[C@H](O)[C@H](O)[C@H]3O)[C@H](O)[C@H]2O)[C@H](O)[C@H]1O)C(N)=O. The van der Waals surface area contributed by atoms with Crippen LogP contribution in [0.1, 0.15) is 76.2 Å². The van der Waals surface area contributed by atoms with Crippen LogP contribution >= 0.6 is 0 Å². The minimum Gasteiger partial charge on any atom is -0.508 e. The quantitative estimate of drug-likeness (QED) is 0.0270. The monoisotopic (exact) mass is 1780 g/mol. The van der Waals surface area contributed by atoms with Crippen molar-refractivity contribution in [1.29, 1.82) is 0 Å². The first-order valence-electron chi connectivity index (χ1n) is 40.0. The summed E-state index contributed by atoms with van der Waals surface area (Å²) >= 11 is 0. The Kier molecular flexibility index (Phi) is 41.3. The van der Waals surface area contributed by atoms with Crippen LogP contribution in [0.2, 0.25) is 0 Å². The molecule has 123 heavy (non-hydrogen) atoms. The number of primary amides is 1. The molecule has 0 unspecified atom stereocenters. The zero-order chi connectivity index (χ0) is 91.1. The van der Waals surface area contributed by atoms with Gasteiger partial charge in [0.25, 0.3) is 0 Å². The number of unbranched alkanes of at least 4 members (excludes halogenated alkanes) is 2. The average Bonchev–Trinajstić information content (AvgIpc) is 0.779. The van der Waals surface area contributed by atoms with Gasteiger partial charge < -0.3 is 220 Å². The second kappa shape index (κ2) is 49.1. The van der Waals surface area contributed by atoms with E-state index in [1.807, 2.05) is 0 Å². The molecule has 0 spiro atoms. The molecule has 51 nitrogen and oxygen atoms in total. The Morgan fingerprint density at radius 1 is 0.366 bits per heavy atom. The van der Waals surface area contributed by atoms with E-state index in [0.29, 0.717) is 0 Å². The molecule has 1 aromatic carbocycles. The van der Waals surface area contributed by atoms with Gasteiger partial charge in [0.2, 0.25) is 41.4 Å². The molecule has 704 valence electrons. The third kappa shape index (κ3) is 27.5. The number of hydrogen-bond donors (Lipinski definition) is 33. The lowest BCUT2D eigenvalue weighted by atomic mass is 9.91. The molecule has 0 radical (unpaired) electrons. The summed E-state index contributed by atoms with van der Waals surface area (Å²) in [6.07, 6.45) is -56.0. The van der Waals surface area contributed by atoms with Crippen LogP contribution in [0, 0.1) is 0 Å². The van der Waals surface area contributed by atoms with Gasteiger partial charge in [-0.25, -0.2) is 0 Å². The lowest BCUT2D eigenvalue weighted by Gasteiger charge is -2.48. The van der Waals surface area contributed by atoms with E-state index >= 15 is 0 Å². The van der Waals surface area contributed by atoms with Gasteiger partial charge in [-0.15, -0.1) is 0 Å². The van der Waals surface area contributed by atoms with Gasteiger partial charge in [-0.3, -0.25) is 38.4 Å². The van der Waals surface area contributed by atoms with Gasteiger partial charge in [0, 0.05) is 13.0 Å². The fourth-order valence-corrected chi connectivity index (χ4v) is 14.6. The topological polar surface area (TPSA) is 870 Å². The maximum Gasteiger partial charge on any atom is 0.305 e. The number of benzene rings is 1. The van der Waals surface area contributed by atoms with Crippen LogP contribution in [-0.2, 0) is 92.1 Å². The average molecular weight is 1780 g/mol. The van der Waals surface area contributed by atoms with Gasteiger partial charge in [-0.05, 0) is 88.4 Å². The molecule has 0 bridgehead atoms. The molecule has 7 amide bonds. The number of carboxylic acids is 1.